The molecule has 134 valence electrons. The molecule has 2 saturated heterocycles. The van der Waals surface area contributed by atoms with Crippen molar-refractivity contribution in [2.75, 3.05) is 33.4 Å². The predicted molar refractivity (Wildman–Crippen MR) is 98.4 cm³/mol. The van der Waals surface area contributed by atoms with E-state index in [1.54, 1.807) is 18.4 Å². The van der Waals surface area contributed by atoms with Crippen molar-refractivity contribution >= 4 is 17.2 Å². The highest BCUT2D eigenvalue weighted by atomic mass is 32.1. The third kappa shape index (κ3) is 3.84. The van der Waals surface area contributed by atoms with Crippen LogP contribution < -0.4 is 0 Å². The molecule has 0 aromatic carbocycles. The van der Waals surface area contributed by atoms with Gasteiger partial charge in [-0.3, -0.25) is 9.69 Å². The zero-order chi connectivity index (χ0) is 17.2. The van der Waals surface area contributed by atoms with Crippen molar-refractivity contribution in [3.63, 3.8) is 0 Å². The number of carbonyl (C=O) groups is 1. The van der Waals surface area contributed by atoms with E-state index in [2.05, 4.69) is 29.7 Å². The Labute approximate surface area is 149 Å². The SMILES string of the molecule is COCC1CC2(CCN(C(=O)Cc3cccs3)CC2)CN1C(C)C. The minimum absolute atomic E-state index is 0.291. The number of rotatable bonds is 5. The van der Waals surface area contributed by atoms with Crippen LogP contribution in [0.25, 0.3) is 0 Å². The van der Waals surface area contributed by atoms with Crippen LogP contribution in [-0.2, 0) is 16.0 Å². The summed E-state index contributed by atoms with van der Waals surface area (Å²) in [7, 11) is 1.80. The number of ether oxygens (including phenoxy) is 1. The van der Waals surface area contributed by atoms with Crippen LogP contribution in [0.5, 0.6) is 0 Å². The van der Waals surface area contributed by atoms with Crippen molar-refractivity contribution in [1.29, 1.82) is 0 Å². The van der Waals surface area contributed by atoms with Gasteiger partial charge in [0.2, 0.25) is 5.91 Å². The number of hydrogen-bond acceptors (Lipinski definition) is 4. The summed E-state index contributed by atoms with van der Waals surface area (Å²) in [6, 6.07) is 5.17. The molecule has 5 heteroatoms. The maximum Gasteiger partial charge on any atom is 0.227 e. The highest BCUT2D eigenvalue weighted by Gasteiger charge is 2.46. The van der Waals surface area contributed by atoms with Crippen molar-refractivity contribution in [1.82, 2.24) is 9.80 Å². The van der Waals surface area contributed by atoms with E-state index in [-0.39, 0.29) is 0 Å². The summed E-state index contributed by atoms with van der Waals surface area (Å²) < 4.78 is 5.45. The Hall–Kier alpha value is -0.910. The third-order valence-electron chi connectivity index (χ3n) is 5.76. The summed E-state index contributed by atoms with van der Waals surface area (Å²) in [5, 5.41) is 2.04. The first kappa shape index (κ1) is 17.9. The van der Waals surface area contributed by atoms with Gasteiger partial charge in [0.1, 0.15) is 0 Å². The number of nitrogens with zero attached hydrogens (tertiary/aromatic N) is 2. The highest BCUT2D eigenvalue weighted by molar-refractivity contribution is 7.10. The molecule has 3 heterocycles. The lowest BCUT2D eigenvalue weighted by Gasteiger charge is -2.39. The Kier molecular flexibility index (Phi) is 5.63. The summed E-state index contributed by atoms with van der Waals surface area (Å²) in [4.78, 5) is 18.4. The van der Waals surface area contributed by atoms with E-state index < -0.39 is 0 Å². The standard InChI is InChI=1S/C19H30N2O2S/c1-15(2)21-14-19(12-16(21)13-23-3)6-8-20(9-7-19)18(22)11-17-5-4-10-24-17/h4-5,10,15-16H,6-9,11-14H2,1-3H3. The number of thiophene rings is 1. The summed E-state index contributed by atoms with van der Waals surface area (Å²) in [5.74, 6) is 0.291. The molecule has 1 atom stereocenters. The second-order valence-electron chi connectivity index (χ2n) is 7.72. The highest BCUT2D eigenvalue weighted by Crippen LogP contribution is 2.44. The number of hydrogen-bond donors (Lipinski definition) is 0. The molecule has 24 heavy (non-hydrogen) atoms. The maximum absolute atomic E-state index is 12.5. The van der Waals surface area contributed by atoms with E-state index in [1.807, 2.05) is 11.4 Å². The van der Waals surface area contributed by atoms with Gasteiger partial charge in [0, 0.05) is 43.7 Å². The van der Waals surface area contributed by atoms with Gasteiger partial charge in [-0.1, -0.05) is 6.07 Å². The number of amides is 1. The van der Waals surface area contributed by atoms with E-state index in [9.17, 15) is 4.79 Å². The number of likely N-dealkylation sites (tertiary alicyclic amines) is 2. The average molecular weight is 351 g/mol. The summed E-state index contributed by atoms with van der Waals surface area (Å²) in [6.07, 6.45) is 4.04. The lowest BCUT2D eigenvalue weighted by atomic mass is 9.76. The van der Waals surface area contributed by atoms with E-state index in [0.29, 0.717) is 29.8 Å². The first-order chi connectivity index (χ1) is 11.5. The van der Waals surface area contributed by atoms with Crippen molar-refractivity contribution in [3.8, 4) is 0 Å². The minimum Gasteiger partial charge on any atom is -0.383 e. The molecule has 2 fully saturated rings. The zero-order valence-corrected chi connectivity index (χ0v) is 16.0. The molecule has 0 radical (unpaired) electrons. The van der Waals surface area contributed by atoms with Crippen LogP contribution in [0.15, 0.2) is 17.5 Å². The topological polar surface area (TPSA) is 32.8 Å². The van der Waals surface area contributed by atoms with Crippen LogP contribution >= 0.6 is 11.3 Å². The average Bonchev–Trinajstić information content (AvgIpc) is 3.17. The first-order valence-corrected chi connectivity index (χ1v) is 9.96. The van der Waals surface area contributed by atoms with E-state index >= 15 is 0 Å². The van der Waals surface area contributed by atoms with Gasteiger partial charge in [0.25, 0.3) is 0 Å². The Morgan fingerprint density at radius 3 is 2.75 bits per heavy atom. The molecule has 0 aliphatic carbocycles. The molecule has 2 aliphatic heterocycles. The minimum atomic E-state index is 0.291. The van der Waals surface area contributed by atoms with E-state index in [4.69, 9.17) is 4.74 Å². The van der Waals surface area contributed by atoms with Crippen LogP contribution in [0.4, 0.5) is 0 Å². The molecule has 1 amide bonds. The largest absolute Gasteiger partial charge is 0.383 e. The van der Waals surface area contributed by atoms with Gasteiger partial charge in [0.05, 0.1) is 13.0 Å². The predicted octanol–water partition coefficient (Wildman–Crippen LogP) is 3.03. The van der Waals surface area contributed by atoms with E-state index in [1.165, 1.54) is 11.3 Å². The maximum atomic E-state index is 12.5. The molecule has 1 aromatic rings. The van der Waals surface area contributed by atoms with Gasteiger partial charge in [-0.05, 0) is 50.0 Å². The quantitative estimate of drug-likeness (QED) is 0.818. The van der Waals surface area contributed by atoms with Gasteiger partial charge >= 0.3 is 0 Å². The van der Waals surface area contributed by atoms with Crippen molar-refractivity contribution < 1.29 is 9.53 Å². The van der Waals surface area contributed by atoms with Crippen LogP contribution in [0, 0.1) is 5.41 Å². The molecule has 0 saturated carbocycles. The Morgan fingerprint density at radius 1 is 1.42 bits per heavy atom. The normalized spacial score (nSPS) is 24.2. The van der Waals surface area contributed by atoms with Crippen molar-refractivity contribution in [2.45, 2.75) is 51.6 Å². The zero-order valence-electron chi connectivity index (χ0n) is 15.2. The first-order valence-electron chi connectivity index (χ1n) is 9.08. The lowest BCUT2D eigenvalue weighted by molar-refractivity contribution is -0.132. The molecule has 3 rings (SSSR count). The molecular weight excluding hydrogens is 320 g/mol. The fraction of sp³-hybridized carbons (Fsp3) is 0.737. The van der Waals surface area contributed by atoms with Crippen LogP contribution in [0.1, 0.15) is 38.0 Å². The monoisotopic (exact) mass is 350 g/mol. The number of piperidine rings is 1. The summed E-state index contributed by atoms with van der Waals surface area (Å²) >= 11 is 1.68. The summed E-state index contributed by atoms with van der Waals surface area (Å²) in [6.45, 7) is 8.36. The van der Waals surface area contributed by atoms with Crippen LogP contribution in [-0.4, -0.2) is 61.1 Å². The molecule has 1 aromatic heterocycles. The Bertz CT molecular complexity index is 536. The van der Waals surface area contributed by atoms with Gasteiger partial charge < -0.3 is 9.64 Å². The third-order valence-corrected chi connectivity index (χ3v) is 6.64. The second kappa shape index (κ2) is 7.54. The van der Waals surface area contributed by atoms with Crippen molar-refractivity contribution in [3.05, 3.63) is 22.4 Å². The lowest BCUT2D eigenvalue weighted by Crippen LogP contribution is -2.45. The second-order valence-corrected chi connectivity index (χ2v) is 8.75. The molecule has 4 nitrogen and oxygen atoms in total. The molecule has 1 unspecified atom stereocenters. The van der Waals surface area contributed by atoms with Crippen LogP contribution in [0.3, 0.4) is 0 Å². The number of methoxy groups -OCH3 is 1. The van der Waals surface area contributed by atoms with Gasteiger partial charge in [-0.15, -0.1) is 11.3 Å². The number of carbonyl (C=O) groups excluding carboxylic acids is 1. The smallest absolute Gasteiger partial charge is 0.227 e. The fourth-order valence-electron chi connectivity index (χ4n) is 4.42. The molecular formula is C19H30N2O2S. The molecule has 2 aliphatic rings. The molecule has 1 spiro atoms. The van der Waals surface area contributed by atoms with Gasteiger partial charge in [-0.25, -0.2) is 0 Å². The molecule has 0 bridgehead atoms. The summed E-state index contributed by atoms with van der Waals surface area (Å²) in [5.41, 5.74) is 0.382. The molecule has 0 N–H and O–H groups in total. The van der Waals surface area contributed by atoms with Gasteiger partial charge in [-0.2, -0.15) is 0 Å². The van der Waals surface area contributed by atoms with Gasteiger partial charge in [0.15, 0.2) is 0 Å². The Morgan fingerprint density at radius 2 is 2.17 bits per heavy atom. The van der Waals surface area contributed by atoms with Crippen molar-refractivity contribution in [2.24, 2.45) is 5.41 Å². The fourth-order valence-corrected chi connectivity index (χ4v) is 5.11. The Balaban J connectivity index is 1.57. The van der Waals surface area contributed by atoms with Crippen LogP contribution in [0.2, 0.25) is 0 Å². The van der Waals surface area contributed by atoms with E-state index in [0.717, 1.165) is 39.1 Å².